The minimum Gasteiger partial charge on any atom is -0.388 e. The molecule has 2 nitrogen and oxygen atoms in total. The van der Waals surface area contributed by atoms with Gasteiger partial charge in [0.2, 0.25) is 0 Å². The molecule has 2 aromatic rings. The number of rotatable bonds is 1. The van der Waals surface area contributed by atoms with Gasteiger partial charge in [-0.15, -0.1) is 0 Å². The van der Waals surface area contributed by atoms with Crippen LogP contribution in [-0.2, 0) is 0 Å². The van der Waals surface area contributed by atoms with E-state index in [1.54, 1.807) is 6.20 Å². The van der Waals surface area contributed by atoms with Crippen molar-refractivity contribution in [1.29, 1.82) is 0 Å². The van der Waals surface area contributed by atoms with Gasteiger partial charge in [-0.25, -0.2) is 0 Å². The zero-order valence-corrected chi connectivity index (χ0v) is 9.14. The van der Waals surface area contributed by atoms with Gasteiger partial charge >= 0.3 is 0 Å². The van der Waals surface area contributed by atoms with Crippen LogP contribution in [0.25, 0.3) is 0 Å². The first-order valence-electron chi connectivity index (χ1n) is 4.93. The molecule has 0 bridgehead atoms. The summed E-state index contributed by atoms with van der Waals surface area (Å²) in [5.74, 6) is 0. The topological polar surface area (TPSA) is 24.9 Å². The van der Waals surface area contributed by atoms with E-state index < -0.39 is 0 Å². The molecule has 0 spiro atoms. The van der Waals surface area contributed by atoms with Crippen LogP contribution < -0.4 is 5.32 Å². The number of benzene rings is 1. The molecule has 0 radical (unpaired) electrons. The van der Waals surface area contributed by atoms with Gasteiger partial charge in [0, 0.05) is 24.6 Å². The van der Waals surface area contributed by atoms with Gasteiger partial charge in [0.1, 0.15) is 0 Å². The van der Waals surface area contributed by atoms with Crippen LogP contribution in [0.5, 0.6) is 0 Å². The molecule has 15 heavy (non-hydrogen) atoms. The number of pyridine rings is 1. The molecule has 1 aromatic heterocycles. The number of nitrogens with one attached hydrogen (secondary N) is 1. The van der Waals surface area contributed by atoms with Crippen molar-refractivity contribution in [1.82, 2.24) is 4.98 Å². The van der Waals surface area contributed by atoms with E-state index in [2.05, 4.69) is 10.3 Å². The van der Waals surface area contributed by atoms with E-state index in [0.717, 1.165) is 11.4 Å². The van der Waals surface area contributed by atoms with E-state index >= 15 is 0 Å². The fraction of sp³-hybridized carbons (Fsp3) is 0.154. The van der Waals surface area contributed by atoms with Crippen LogP contribution in [-0.4, -0.2) is 12.0 Å². The third kappa shape index (κ3) is 4.81. The van der Waals surface area contributed by atoms with E-state index in [9.17, 15) is 0 Å². The molecule has 0 fully saturated rings. The Kier molecular flexibility index (Phi) is 4.95. The molecule has 1 aromatic carbocycles. The first-order chi connectivity index (χ1) is 7.33. The van der Waals surface area contributed by atoms with E-state index in [0.29, 0.717) is 0 Å². The molecule has 2 rings (SSSR count). The molecule has 78 valence electrons. The highest BCUT2D eigenvalue weighted by atomic mass is 14.8. The zero-order chi connectivity index (χ0) is 10.9. The molecule has 1 N–H and O–H groups in total. The number of hydrogen-bond acceptors (Lipinski definition) is 2. The fourth-order valence-electron chi connectivity index (χ4n) is 1.05. The molecule has 0 unspecified atom stereocenters. The number of nitrogens with zero attached hydrogens (tertiary/aromatic N) is 1. The number of aryl methyl sites for hydroxylation is 1. The van der Waals surface area contributed by atoms with Crippen molar-refractivity contribution in [2.45, 2.75) is 6.92 Å². The Labute approximate surface area is 91.0 Å². The Bertz CT molecular complexity index is 357. The second-order valence-electron chi connectivity index (χ2n) is 3.09. The first kappa shape index (κ1) is 11.2. The van der Waals surface area contributed by atoms with Gasteiger partial charge < -0.3 is 5.32 Å². The molecule has 0 aliphatic rings. The van der Waals surface area contributed by atoms with Crippen LogP contribution in [0.1, 0.15) is 5.69 Å². The van der Waals surface area contributed by atoms with E-state index in [4.69, 9.17) is 0 Å². The maximum Gasteiger partial charge on any atom is 0.0372 e. The van der Waals surface area contributed by atoms with E-state index in [1.165, 1.54) is 0 Å². The number of para-hydroxylation sites is 1. The van der Waals surface area contributed by atoms with Gasteiger partial charge in [0.15, 0.2) is 0 Å². The highest BCUT2D eigenvalue weighted by Crippen LogP contribution is 2.01. The summed E-state index contributed by atoms with van der Waals surface area (Å²) in [7, 11) is 1.91. The minimum absolute atomic E-state index is 1.07. The lowest BCUT2D eigenvalue weighted by molar-refractivity contribution is 1.20. The van der Waals surface area contributed by atoms with E-state index in [1.807, 2.05) is 62.5 Å². The summed E-state index contributed by atoms with van der Waals surface area (Å²) in [6.45, 7) is 1.97. The molecule has 0 aliphatic carbocycles. The summed E-state index contributed by atoms with van der Waals surface area (Å²) < 4.78 is 0. The van der Waals surface area contributed by atoms with Gasteiger partial charge in [-0.3, -0.25) is 4.98 Å². The minimum atomic E-state index is 1.07. The summed E-state index contributed by atoms with van der Waals surface area (Å²) >= 11 is 0. The molecule has 2 heteroatoms. The van der Waals surface area contributed by atoms with Gasteiger partial charge in [-0.2, -0.15) is 0 Å². The molecule has 1 heterocycles. The van der Waals surface area contributed by atoms with Crippen molar-refractivity contribution >= 4 is 5.69 Å². The molecule has 0 atom stereocenters. The van der Waals surface area contributed by atoms with Crippen LogP contribution in [0.2, 0.25) is 0 Å². The number of hydrogen-bond donors (Lipinski definition) is 1. The summed E-state index contributed by atoms with van der Waals surface area (Å²) in [4.78, 5) is 3.98. The van der Waals surface area contributed by atoms with Gasteiger partial charge in [0.25, 0.3) is 0 Å². The van der Waals surface area contributed by atoms with Crippen molar-refractivity contribution in [3.8, 4) is 0 Å². The average molecular weight is 200 g/mol. The maximum absolute atomic E-state index is 3.98. The normalized spacial score (nSPS) is 8.67. The molecular formula is C13H16N2. The quantitative estimate of drug-likeness (QED) is 0.765. The Hall–Kier alpha value is -1.83. The molecular weight excluding hydrogens is 184 g/mol. The smallest absolute Gasteiger partial charge is 0.0372 e. The number of anilines is 1. The Morgan fingerprint density at radius 1 is 0.933 bits per heavy atom. The molecule has 0 saturated carbocycles. The van der Waals surface area contributed by atoms with Gasteiger partial charge in [-0.1, -0.05) is 24.3 Å². The standard InChI is InChI=1S/C7H9N.C6H7N/c1-8-7-5-3-2-4-6-7;1-6-4-2-3-5-7-6/h2-6,8H,1H3;2-5H,1H3. The van der Waals surface area contributed by atoms with E-state index in [-0.39, 0.29) is 0 Å². The van der Waals surface area contributed by atoms with Gasteiger partial charge in [-0.05, 0) is 31.2 Å². The predicted octanol–water partition coefficient (Wildman–Crippen LogP) is 3.12. The van der Waals surface area contributed by atoms with Crippen LogP contribution in [0.3, 0.4) is 0 Å². The lowest BCUT2D eigenvalue weighted by Gasteiger charge is -1.94. The highest BCUT2D eigenvalue weighted by Gasteiger charge is 1.77. The Morgan fingerprint density at radius 2 is 1.60 bits per heavy atom. The second-order valence-corrected chi connectivity index (χ2v) is 3.09. The second kappa shape index (κ2) is 6.60. The first-order valence-corrected chi connectivity index (χ1v) is 4.93. The predicted molar refractivity (Wildman–Crippen MR) is 65.0 cm³/mol. The van der Waals surface area contributed by atoms with Crippen molar-refractivity contribution in [3.63, 3.8) is 0 Å². The van der Waals surface area contributed by atoms with Crippen molar-refractivity contribution in [2.24, 2.45) is 0 Å². The van der Waals surface area contributed by atoms with Crippen LogP contribution in [0, 0.1) is 6.92 Å². The molecule has 0 aliphatic heterocycles. The summed E-state index contributed by atoms with van der Waals surface area (Å²) in [5, 5.41) is 3.03. The summed E-state index contributed by atoms with van der Waals surface area (Å²) in [6, 6.07) is 15.9. The van der Waals surface area contributed by atoms with Crippen molar-refractivity contribution in [2.75, 3.05) is 12.4 Å². The third-order valence-electron chi connectivity index (χ3n) is 1.88. The van der Waals surface area contributed by atoms with Crippen LogP contribution >= 0.6 is 0 Å². The molecule has 0 amide bonds. The zero-order valence-electron chi connectivity index (χ0n) is 9.14. The Morgan fingerprint density at radius 3 is 1.93 bits per heavy atom. The van der Waals surface area contributed by atoms with Crippen LogP contribution in [0.15, 0.2) is 54.7 Å². The fourth-order valence-corrected chi connectivity index (χ4v) is 1.05. The largest absolute Gasteiger partial charge is 0.388 e. The lowest BCUT2D eigenvalue weighted by Crippen LogP contribution is -1.84. The molecule has 0 saturated heterocycles. The SMILES string of the molecule is CNc1ccccc1.Cc1ccccn1. The van der Waals surface area contributed by atoms with Gasteiger partial charge in [0.05, 0.1) is 0 Å². The number of aromatic nitrogens is 1. The average Bonchev–Trinajstić information content (AvgIpc) is 2.32. The highest BCUT2D eigenvalue weighted by molar-refractivity contribution is 5.41. The maximum atomic E-state index is 3.98. The van der Waals surface area contributed by atoms with Crippen molar-refractivity contribution in [3.05, 3.63) is 60.4 Å². The van der Waals surface area contributed by atoms with Crippen LogP contribution in [0.4, 0.5) is 5.69 Å². The summed E-state index contributed by atoms with van der Waals surface area (Å²) in [5.41, 5.74) is 2.23. The Balaban J connectivity index is 0.000000151. The monoisotopic (exact) mass is 200 g/mol. The lowest BCUT2D eigenvalue weighted by atomic mass is 10.3. The summed E-state index contributed by atoms with van der Waals surface area (Å²) in [6.07, 6.45) is 1.79. The van der Waals surface area contributed by atoms with Crippen molar-refractivity contribution < 1.29 is 0 Å². The third-order valence-corrected chi connectivity index (χ3v) is 1.88.